The fraction of sp³-hybridized carbons (Fsp3) is 0.333. The van der Waals surface area contributed by atoms with Crippen LogP contribution in [0.3, 0.4) is 0 Å². The van der Waals surface area contributed by atoms with E-state index in [0.29, 0.717) is 10.9 Å². The fourth-order valence-corrected chi connectivity index (χ4v) is 2.93. The van der Waals surface area contributed by atoms with Crippen molar-refractivity contribution in [2.45, 2.75) is 12.3 Å². The van der Waals surface area contributed by atoms with Gasteiger partial charge in [-0.3, -0.25) is 4.79 Å². The summed E-state index contributed by atoms with van der Waals surface area (Å²) >= 11 is 6.00. The Bertz CT molecular complexity index is 636. The van der Waals surface area contributed by atoms with Crippen LogP contribution in [-0.4, -0.2) is 25.2 Å². The van der Waals surface area contributed by atoms with Crippen molar-refractivity contribution >= 4 is 17.6 Å². The summed E-state index contributed by atoms with van der Waals surface area (Å²) in [5.41, 5.74) is 3.42. The quantitative estimate of drug-likeness (QED) is 0.635. The van der Waals surface area contributed by atoms with Crippen molar-refractivity contribution in [3.8, 4) is 5.75 Å². The molecule has 0 aromatic carbocycles. The standard InChI is InChI=1S/C15H14ClNO3/c1-19-12-7-17-13(16)6-11(12)14-9(15(18)20-2)4-3-8-5-10(8)14/h3-4,6-7,9,14H,5H2,1-2H3. The molecule has 5 heteroatoms. The molecule has 2 aliphatic rings. The summed E-state index contributed by atoms with van der Waals surface area (Å²) in [7, 11) is 2.99. The Kier molecular flexibility index (Phi) is 3.26. The van der Waals surface area contributed by atoms with E-state index in [1.54, 1.807) is 19.4 Å². The minimum atomic E-state index is -0.339. The predicted molar refractivity (Wildman–Crippen MR) is 74.8 cm³/mol. The molecular weight excluding hydrogens is 278 g/mol. The molecule has 0 saturated carbocycles. The van der Waals surface area contributed by atoms with Crippen LogP contribution in [-0.2, 0) is 9.53 Å². The van der Waals surface area contributed by atoms with E-state index in [2.05, 4.69) is 4.98 Å². The molecule has 1 aromatic rings. The Morgan fingerprint density at radius 2 is 2.25 bits per heavy atom. The van der Waals surface area contributed by atoms with Gasteiger partial charge in [0.2, 0.25) is 0 Å². The van der Waals surface area contributed by atoms with Crippen LogP contribution in [0.2, 0.25) is 5.15 Å². The van der Waals surface area contributed by atoms with Gasteiger partial charge in [0.1, 0.15) is 10.9 Å². The average Bonchev–Trinajstić information content (AvgIpc) is 3.24. The summed E-state index contributed by atoms with van der Waals surface area (Å²) in [5, 5.41) is 0.391. The van der Waals surface area contributed by atoms with E-state index >= 15 is 0 Å². The molecule has 2 atom stereocenters. The number of ether oxygens (including phenoxy) is 2. The van der Waals surface area contributed by atoms with Crippen molar-refractivity contribution in [1.82, 2.24) is 4.98 Å². The van der Waals surface area contributed by atoms with Crippen LogP contribution in [0.15, 0.2) is 35.6 Å². The van der Waals surface area contributed by atoms with E-state index in [9.17, 15) is 4.79 Å². The molecule has 0 bridgehead atoms. The maximum absolute atomic E-state index is 12.0. The van der Waals surface area contributed by atoms with Crippen LogP contribution in [0.1, 0.15) is 17.9 Å². The highest BCUT2D eigenvalue weighted by Gasteiger charge is 2.41. The number of hydrogen-bond donors (Lipinski definition) is 0. The van der Waals surface area contributed by atoms with Crippen molar-refractivity contribution in [2.75, 3.05) is 14.2 Å². The third-order valence-electron chi connectivity index (χ3n) is 3.80. The lowest BCUT2D eigenvalue weighted by molar-refractivity contribution is -0.144. The van der Waals surface area contributed by atoms with Gasteiger partial charge in [-0.25, -0.2) is 4.98 Å². The van der Waals surface area contributed by atoms with Crippen LogP contribution in [0.25, 0.3) is 0 Å². The van der Waals surface area contributed by atoms with E-state index in [4.69, 9.17) is 21.1 Å². The summed E-state index contributed by atoms with van der Waals surface area (Å²) in [6, 6.07) is 1.77. The molecule has 3 rings (SSSR count). The van der Waals surface area contributed by atoms with Crippen LogP contribution in [0.5, 0.6) is 5.75 Å². The van der Waals surface area contributed by atoms with E-state index in [1.807, 2.05) is 12.2 Å². The van der Waals surface area contributed by atoms with Gasteiger partial charge in [0.15, 0.2) is 0 Å². The Hall–Kier alpha value is -1.81. The second-order valence-electron chi connectivity index (χ2n) is 4.86. The molecule has 20 heavy (non-hydrogen) atoms. The van der Waals surface area contributed by atoms with Gasteiger partial charge < -0.3 is 9.47 Å². The fourth-order valence-electron chi connectivity index (χ4n) is 2.76. The number of hydrogen-bond acceptors (Lipinski definition) is 4. The lowest BCUT2D eigenvalue weighted by Crippen LogP contribution is -2.23. The first-order chi connectivity index (χ1) is 9.65. The second-order valence-corrected chi connectivity index (χ2v) is 5.25. The zero-order chi connectivity index (χ0) is 14.3. The summed E-state index contributed by atoms with van der Waals surface area (Å²) in [6.07, 6.45) is 6.42. The minimum absolute atomic E-state index is 0.0714. The summed E-state index contributed by atoms with van der Waals surface area (Å²) in [4.78, 5) is 16.0. The monoisotopic (exact) mass is 291 g/mol. The smallest absolute Gasteiger partial charge is 0.313 e. The molecule has 0 spiro atoms. The Morgan fingerprint density at radius 1 is 1.45 bits per heavy atom. The highest BCUT2D eigenvalue weighted by atomic mass is 35.5. The highest BCUT2D eigenvalue weighted by Crippen LogP contribution is 2.52. The first-order valence-corrected chi connectivity index (χ1v) is 6.71. The maximum Gasteiger partial charge on any atom is 0.313 e. The molecular formula is C15H14ClNO3. The van der Waals surface area contributed by atoms with Gasteiger partial charge >= 0.3 is 5.97 Å². The number of pyridine rings is 1. The molecule has 2 unspecified atom stereocenters. The van der Waals surface area contributed by atoms with E-state index in [1.165, 1.54) is 18.3 Å². The van der Waals surface area contributed by atoms with Crippen molar-refractivity contribution in [3.05, 3.63) is 46.3 Å². The minimum Gasteiger partial charge on any atom is -0.495 e. The van der Waals surface area contributed by atoms with E-state index in [0.717, 1.165) is 12.0 Å². The molecule has 1 heterocycles. The normalized spacial score (nSPS) is 23.4. The predicted octanol–water partition coefficient (Wildman–Crippen LogP) is 2.89. The summed E-state index contributed by atoms with van der Waals surface area (Å²) < 4.78 is 10.3. The summed E-state index contributed by atoms with van der Waals surface area (Å²) in [5.74, 6) is -0.0199. The Balaban J connectivity index is 2.07. The van der Waals surface area contributed by atoms with Crippen LogP contribution in [0.4, 0.5) is 0 Å². The molecule has 1 aromatic heterocycles. The number of rotatable bonds is 3. The topological polar surface area (TPSA) is 48.4 Å². The molecule has 0 fully saturated rings. The number of halogens is 1. The van der Waals surface area contributed by atoms with Crippen LogP contribution in [0, 0.1) is 5.92 Å². The third-order valence-corrected chi connectivity index (χ3v) is 4.01. The first-order valence-electron chi connectivity index (χ1n) is 6.33. The van der Waals surface area contributed by atoms with Gasteiger partial charge in [0.05, 0.1) is 26.3 Å². The lowest BCUT2D eigenvalue weighted by atomic mass is 9.82. The lowest BCUT2D eigenvalue weighted by Gasteiger charge is -2.24. The largest absolute Gasteiger partial charge is 0.495 e. The molecule has 0 N–H and O–H groups in total. The first kappa shape index (κ1) is 13.2. The molecule has 0 amide bonds. The number of esters is 1. The number of carbonyl (C=O) groups is 1. The molecule has 0 aliphatic heterocycles. The average molecular weight is 292 g/mol. The molecule has 104 valence electrons. The highest BCUT2D eigenvalue weighted by molar-refractivity contribution is 6.29. The zero-order valence-corrected chi connectivity index (χ0v) is 12.0. The van der Waals surface area contributed by atoms with E-state index < -0.39 is 0 Å². The van der Waals surface area contributed by atoms with Gasteiger partial charge in [-0.1, -0.05) is 29.3 Å². The van der Waals surface area contributed by atoms with Crippen molar-refractivity contribution in [2.24, 2.45) is 5.92 Å². The Labute approximate surface area is 122 Å². The van der Waals surface area contributed by atoms with Crippen molar-refractivity contribution in [1.29, 1.82) is 0 Å². The number of carbonyl (C=O) groups excluding carboxylic acids is 1. The molecule has 2 aliphatic carbocycles. The van der Waals surface area contributed by atoms with Gasteiger partial charge in [-0.15, -0.1) is 0 Å². The number of methoxy groups -OCH3 is 2. The molecule has 4 nitrogen and oxygen atoms in total. The van der Waals surface area contributed by atoms with Gasteiger partial charge in [0, 0.05) is 11.5 Å². The Morgan fingerprint density at radius 3 is 2.95 bits per heavy atom. The summed E-state index contributed by atoms with van der Waals surface area (Å²) in [6.45, 7) is 0. The van der Waals surface area contributed by atoms with Crippen LogP contribution < -0.4 is 4.74 Å². The molecule has 0 saturated heterocycles. The van der Waals surface area contributed by atoms with Gasteiger partial charge in [-0.05, 0) is 18.1 Å². The zero-order valence-electron chi connectivity index (χ0n) is 11.2. The molecule has 0 radical (unpaired) electrons. The van der Waals surface area contributed by atoms with Crippen molar-refractivity contribution < 1.29 is 14.3 Å². The van der Waals surface area contributed by atoms with Gasteiger partial charge in [0.25, 0.3) is 0 Å². The maximum atomic E-state index is 12.0. The number of allylic oxidation sites excluding steroid dienone is 3. The van der Waals surface area contributed by atoms with Crippen LogP contribution >= 0.6 is 11.6 Å². The van der Waals surface area contributed by atoms with Crippen molar-refractivity contribution in [3.63, 3.8) is 0 Å². The van der Waals surface area contributed by atoms with Gasteiger partial charge in [-0.2, -0.15) is 0 Å². The van der Waals surface area contributed by atoms with E-state index in [-0.39, 0.29) is 17.8 Å². The number of nitrogens with zero attached hydrogens (tertiary/aromatic N) is 1. The third kappa shape index (κ3) is 2.10. The second kappa shape index (κ2) is 4.94. The number of aromatic nitrogens is 1. The SMILES string of the molecule is COC(=O)C1C=CC2=C(C2)C1c1cc(Cl)ncc1OC.